The molecule has 0 aliphatic carbocycles. The van der Waals surface area contributed by atoms with Gasteiger partial charge in [-0.2, -0.15) is 0 Å². The van der Waals surface area contributed by atoms with Gasteiger partial charge in [0.15, 0.2) is 0 Å². The Hall–Kier alpha value is -2.07. The van der Waals surface area contributed by atoms with Crippen molar-refractivity contribution >= 4 is 5.91 Å². The third-order valence-corrected chi connectivity index (χ3v) is 3.92. The minimum Gasteiger partial charge on any atom is -0.467 e. The predicted molar refractivity (Wildman–Crippen MR) is 92.3 cm³/mol. The lowest BCUT2D eigenvalue weighted by atomic mass is 10.0. The molecule has 0 radical (unpaired) electrons. The fourth-order valence-corrected chi connectivity index (χ4v) is 2.34. The highest BCUT2D eigenvalue weighted by Crippen LogP contribution is 2.14. The molecule has 0 saturated heterocycles. The van der Waals surface area contributed by atoms with Gasteiger partial charge in [-0.3, -0.25) is 4.79 Å². The van der Waals surface area contributed by atoms with Gasteiger partial charge in [-0.15, -0.1) is 0 Å². The first-order valence-corrected chi connectivity index (χ1v) is 8.18. The Morgan fingerprint density at radius 1 is 1.13 bits per heavy atom. The van der Waals surface area contributed by atoms with Crippen LogP contribution in [0.25, 0.3) is 0 Å². The summed E-state index contributed by atoms with van der Waals surface area (Å²) in [6, 6.07) is 12.1. The van der Waals surface area contributed by atoms with Gasteiger partial charge in [0.2, 0.25) is 5.91 Å². The fraction of sp³-hybridized carbons (Fsp3) is 0.421. The van der Waals surface area contributed by atoms with E-state index in [1.165, 1.54) is 11.1 Å². The van der Waals surface area contributed by atoms with Crippen LogP contribution in [-0.2, 0) is 17.8 Å². The highest BCUT2D eigenvalue weighted by molar-refractivity contribution is 5.81. The van der Waals surface area contributed by atoms with Gasteiger partial charge in [0.25, 0.3) is 0 Å². The number of hydrogen-bond donors (Lipinski definition) is 2. The zero-order valence-corrected chi connectivity index (χ0v) is 14.1. The van der Waals surface area contributed by atoms with Crippen molar-refractivity contribution in [2.75, 3.05) is 6.54 Å². The number of furan rings is 1. The summed E-state index contributed by atoms with van der Waals surface area (Å²) in [6.45, 7) is 7.46. The number of nitrogens with one attached hydrogen (secondary N) is 2. The number of carbonyl (C=O) groups is 1. The molecule has 4 nitrogen and oxygen atoms in total. The average Bonchev–Trinajstić information content (AvgIpc) is 3.06. The lowest BCUT2D eigenvalue weighted by Crippen LogP contribution is -2.42. The molecule has 0 aliphatic rings. The van der Waals surface area contributed by atoms with Gasteiger partial charge < -0.3 is 15.1 Å². The van der Waals surface area contributed by atoms with E-state index in [4.69, 9.17) is 4.42 Å². The molecular weight excluding hydrogens is 288 g/mol. The average molecular weight is 314 g/mol. The zero-order valence-electron chi connectivity index (χ0n) is 14.1. The van der Waals surface area contributed by atoms with Gasteiger partial charge in [0, 0.05) is 0 Å². The predicted octanol–water partition coefficient (Wildman–Crippen LogP) is 3.24. The molecule has 0 spiro atoms. The fourth-order valence-electron chi connectivity index (χ4n) is 2.34. The molecule has 2 N–H and O–H groups in total. The Morgan fingerprint density at radius 2 is 1.87 bits per heavy atom. The van der Waals surface area contributed by atoms with Crippen LogP contribution in [0.2, 0.25) is 0 Å². The lowest BCUT2D eigenvalue weighted by molar-refractivity contribution is -0.123. The molecule has 0 saturated carbocycles. The molecule has 2 aromatic rings. The van der Waals surface area contributed by atoms with Crippen LogP contribution in [0.1, 0.15) is 43.6 Å². The van der Waals surface area contributed by atoms with Crippen molar-refractivity contribution in [3.63, 3.8) is 0 Å². The first-order chi connectivity index (χ1) is 11.1. The van der Waals surface area contributed by atoms with Crippen molar-refractivity contribution in [2.45, 2.75) is 45.7 Å². The zero-order chi connectivity index (χ0) is 16.7. The summed E-state index contributed by atoms with van der Waals surface area (Å²) in [4.78, 5) is 12.0. The van der Waals surface area contributed by atoms with E-state index in [1.807, 2.05) is 19.1 Å². The van der Waals surface area contributed by atoms with E-state index in [0.717, 1.165) is 18.7 Å². The topological polar surface area (TPSA) is 54.3 Å². The van der Waals surface area contributed by atoms with E-state index < -0.39 is 0 Å². The Morgan fingerprint density at radius 3 is 2.48 bits per heavy atom. The van der Waals surface area contributed by atoms with E-state index in [0.29, 0.717) is 12.5 Å². The van der Waals surface area contributed by atoms with Gasteiger partial charge >= 0.3 is 0 Å². The normalized spacial score (nSPS) is 12.3. The molecule has 1 heterocycles. The second-order valence-electron chi connectivity index (χ2n) is 6.12. The number of amides is 1. The summed E-state index contributed by atoms with van der Waals surface area (Å²) >= 11 is 0. The quantitative estimate of drug-likeness (QED) is 0.786. The third-order valence-electron chi connectivity index (χ3n) is 3.92. The van der Waals surface area contributed by atoms with Crippen LogP contribution < -0.4 is 10.6 Å². The molecule has 124 valence electrons. The van der Waals surface area contributed by atoms with E-state index in [2.05, 4.69) is 48.7 Å². The largest absolute Gasteiger partial charge is 0.467 e. The van der Waals surface area contributed by atoms with Gasteiger partial charge in [-0.25, -0.2) is 0 Å². The molecule has 1 aromatic heterocycles. The lowest BCUT2D eigenvalue weighted by Gasteiger charge is -2.14. The number of carbonyl (C=O) groups excluding carboxylic acids is 1. The summed E-state index contributed by atoms with van der Waals surface area (Å²) in [7, 11) is 0. The molecule has 0 bridgehead atoms. The second kappa shape index (κ2) is 8.53. The number of rotatable bonds is 8. The third kappa shape index (κ3) is 5.57. The highest BCUT2D eigenvalue weighted by Gasteiger charge is 2.11. The highest BCUT2D eigenvalue weighted by atomic mass is 16.3. The Kier molecular flexibility index (Phi) is 6.41. The maximum Gasteiger partial charge on any atom is 0.237 e. The van der Waals surface area contributed by atoms with Crippen molar-refractivity contribution < 1.29 is 9.21 Å². The molecule has 1 aromatic carbocycles. The molecule has 23 heavy (non-hydrogen) atoms. The number of benzene rings is 1. The summed E-state index contributed by atoms with van der Waals surface area (Å²) in [5, 5.41) is 6.11. The summed E-state index contributed by atoms with van der Waals surface area (Å²) < 4.78 is 5.19. The molecule has 1 amide bonds. The van der Waals surface area contributed by atoms with Crippen molar-refractivity contribution in [1.29, 1.82) is 0 Å². The maximum absolute atomic E-state index is 12.0. The van der Waals surface area contributed by atoms with Crippen molar-refractivity contribution in [3.8, 4) is 0 Å². The van der Waals surface area contributed by atoms with E-state index in [9.17, 15) is 4.79 Å². The number of hydrogen-bond acceptors (Lipinski definition) is 3. The summed E-state index contributed by atoms with van der Waals surface area (Å²) in [6.07, 6.45) is 2.52. The molecule has 2 rings (SSSR count). The van der Waals surface area contributed by atoms with Gasteiger partial charge in [0.1, 0.15) is 5.76 Å². The summed E-state index contributed by atoms with van der Waals surface area (Å²) in [5.41, 5.74) is 2.64. The molecular formula is C19H26N2O2. The molecule has 1 unspecified atom stereocenters. The minimum atomic E-state index is -0.222. The molecule has 4 heteroatoms. The standard InChI is InChI=1S/C19H26N2O2/c1-14(2)17-8-6-16(7-9-17)10-11-20-15(3)19(22)21-13-18-5-4-12-23-18/h4-9,12,14-15,20H,10-11,13H2,1-3H3,(H,21,22). The Balaban J connectivity index is 1.69. The smallest absolute Gasteiger partial charge is 0.237 e. The maximum atomic E-state index is 12.0. The van der Waals surface area contributed by atoms with Crippen LogP contribution in [0.15, 0.2) is 47.1 Å². The van der Waals surface area contributed by atoms with E-state index in [1.54, 1.807) is 6.26 Å². The Bertz CT molecular complexity index is 588. The van der Waals surface area contributed by atoms with Gasteiger partial charge in [-0.05, 0) is 49.1 Å². The van der Waals surface area contributed by atoms with Crippen LogP contribution in [-0.4, -0.2) is 18.5 Å². The first-order valence-electron chi connectivity index (χ1n) is 8.18. The summed E-state index contributed by atoms with van der Waals surface area (Å²) in [5.74, 6) is 1.30. The van der Waals surface area contributed by atoms with E-state index >= 15 is 0 Å². The molecule has 0 aliphatic heterocycles. The molecule has 1 atom stereocenters. The van der Waals surface area contributed by atoms with Crippen LogP contribution in [0.5, 0.6) is 0 Å². The van der Waals surface area contributed by atoms with Crippen LogP contribution in [0.3, 0.4) is 0 Å². The van der Waals surface area contributed by atoms with Crippen LogP contribution in [0.4, 0.5) is 0 Å². The van der Waals surface area contributed by atoms with Gasteiger partial charge in [0.05, 0.1) is 18.8 Å². The second-order valence-corrected chi connectivity index (χ2v) is 6.12. The van der Waals surface area contributed by atoms with E-state index in [-0.39, 0.29) is 11.9 Å². The van der Waals surface area contributed by atoms with Crippen molar-refractivity contribution in [2.24, 2.45) is 0 Å². The Labute approximate surface area is 138 Å². The van der Waals surface area contributed by atoms with Crippen molar-refractivity contribution in [3.05, 3.63) is 59.5 Å². The van der Waals surface area contributed by atoms with Crippen molar-refractivity contribution in [1.82, 2.24) is 10.6 Å². The minimum absolute atomic E-state index is 0.0171. The van der Waals surface area contributed by atoms with Crippen LogP contribution >= 0.6 is 0 Å². The van der Waals surface area contributed by atoms with Gasteiger partial charge in [-0.1, -0.05) is 38.1 Å². The molecule has 0 fully saturated rings. The first kappa shape index (κ1) is 17.3. The SMILES string of the molecule is CC(NCCc1ccc(C(C)C)cc1)C(=O)NCc1ccco1. The van der Waals surface area contributed by atoms with Crippen LogP contribution in [0, 0.1) is 0 Å². The monoisotopic (exact) mass is 314 g/mol.